The molecule has 0 bridgehead atoms. The maximum absolute atomic E-state index is 11.6. The highest BCUT2D eigenvalue weighted by atomic mass is 16.6. The summed E-state index contributed by atoms with van der Waals surface area (Å²) in [5, 5.41) is 0. The monoisotopic (exact) mass is 268 g/mol. The van der Waals surface area contributed by atoms with E-state index >= 15 is 0 Å². The van der Waals surface area contributed by atoms with Gasteiger partial charge in [0.05, 0.1) is 0 Å². The number of nitrogens with zero attached hydrogens (tertiary/aromatic N) is 2. The minimum absolute atomic E-state index is 0.229. The van der Waals surface area contributed by atoms with E-state index in [0.717, 1.165) is 13.0 Å². The van der Waals surface area contributed by atoms with Crippen LogP contribution in [0.3, 0.4) is 0 Å². The fourth-order valence-electron chi connectivity index (χ4n) is 3.91. The number of rotatable bonds is 2. The van der Waals surface area contributed by atoms with Crippen LogP contribution >= 0.6 is 0 Å². The van der Waals surface area contributed by atoms with Crippen LogP contribution in [0.5, 0.6) is 0 Å². The highest BCUT2D eigenvalue weighted by Crippen LogP contribution is 2.52. The van der Waals surface area contributed by atoms with Gasteiger partial charge in [0.25, 0.3) is 0 Å². The Labute approximate surface area is 117 Å². The maximum Gasteiger partial charge on any atom is 0.409 e. The molecule has 0 radical (unpaired) electrons. The van der Waals surface area contributed by atoms with E-state index in [2.05, 4.69) is 25.7 Å². The van der Waals surface area contributed by atoms with E-state index in [9.17, 15) is 4.79 Å². The molecule has 0 aliphatic carbocycles. The molecule has 0 aromatic heterocycles. The topological polar surface area (TPSA) is 32.8 Å². The molecule has 2 rings (SSSR count). The van der Waals surface area contributed by atoms with Crippen molar-refractivity contribution >= 4 is 6.09 Å². The third-order valence-corrected chi connectivity index (χ3v) is 5.03. The fraction of sp³-hybridized carbons (Fsp3) is 0.933. The van der Waals surface area contributed by atoms with Crippen LogP contribution in [0.1, 0.15) is 46.5 Å². The Morgan fingerprint density at radius 2 is 2.05 bits per heavy atom. The van der Waals surface area contributed by atoms with E-state index in [1.807, 2.05) is 0 Å². The van der Waals surface area contributed by atoms with Crippen LogP contribution in [-0.2, 0) is 4.74 Å². The summed E-state index contributed by atoms with van der Waals surface area (Å²) in [4.78, 5) is 15.7. The highest BCUT2D eigenvalue weighted by molar-refractivity contribution is 5.66. The lowest BCUT2D eigenvalue weighted by atomic mass is 9.71. The second-order valence-electron chi connectivity index (χ2n) is 7.24. The third-order valence-electron chi connectivity index (χ3n) is 5.03. The van der Waals surface area contributed by atoms with Crippen molar-refractivity contribution in [3.63, 3.8) is 0 Å². The molecule has 110 valence electrons. The predicted octanol–water partition coefficient (Wildman–Crippen LogP) is 2.73. The standard InChI is InChI=1S/C15H28N2O2/c1-14(2,3)15-8-6-10-17(15)12(7-9-15)11-19-13(18)16(4)5/h12H,6-11H2,1-5H3/t12-,15?/m1/s1. The van der Waals surface area contributed by atoms with Crippen molar-refractivity contribution in [3.05, 3.63) is 0 Å². The first-order valence-corrected chi connectivity index (χ1v) is 7.39. The zero-order valence-corrected chi connectivity index (χ0v) is 13.0. The Bertz CT molecular complexity index is 349. The van der Waals surface area contributed by atoms with Gasteiger partial charge in [0.2, 0.25) is 0 Å². The highest BCUT2D eigenvalue weighted by Gasteiger charge is 2.55. The minimum atomic E-state index is -0.229. The number of fused-ring (bicyclic) bond motifs is 1. The molecule has 2 fully saturated rings. The lowest BCUT2D eigenvalue weighted by molar-refractivity contribution is 0.0198. The number of ether oxygens (including phenoxy) is 1. The van der Waals surface area contributed by atoms with Gasteiger partial charge in [-0.1, -0.05) is 20.8 Å². The van der Waals surface area contributed by atoms with Crippen molar-refractivity contribution in [3.8, 4) is 0 Å². The molecule has 2 heterocycles. The number of carbonyl (C=O) groups excluding carboxylic acids is 1. The van der Waals surface area contributed by atoms with Gasteiger partial charge in [-0.3, -0.25) is 4.90 Å². The van der Waals surface area contributed by atoms with Crippen LogP contribution < -0.4 is 0 Å². The lowest BCUT2D eigenvalue weighted by Gasteiger charge is -2.45. The van der Waals surface area contributed by atoms with Crippen LogP contribution in [-0.4, -0.2) is 54.7 Å². The molecule has 2 atom stereocenters. The normalized spacial score (nSPS) is 31.3. The zero-order valence-electron chi connectivity index (χ0n) is 13.0. The van der Waals surface area contributed by atoms with E-state index < -0.39 is 0 Å². The van der Waals surface area contributed by atoms with E-state index in [-0.39, 0.29) is 6.09 Å². The van der Waals surface area contributed by atoms with Crippen molar-refractivity contribution in [2.24, 2.45) is 5.41 Å². The summed E-state index contributed by atoms with van der Waals surface area (Å²) in [6.07, 6.45) is 4.72. The van der Waals surface area contributed by atoms with Crippen molar-refractivity contribution in [1.82, 2.24) is 9.80 Å². The molecule has 0 aromatic carbocycles. The molecule has 1 amide bonds. The SMILES string of the molecule is CN(C)C(=O)OC[C@H]1CCC2(C(C)(C)C)CCCN12. The van der Waals surface area contributed by atoms with E-state index in [4.69, 9.17) is 4.74 Å². The molecular formula is C15H28N2O2. The average molecular weight is 268 g/mol. The Morgan fingerprint density at radius 3 is 2.63 bits per heavy atom. The largest absolute Gasteiger partial charge is 0.448 e. The first kappa shape index (κ1) is 14.6. The number of hydrogen-bond acceptors (Lipinski definition) is 3. The van der Waals surface area contributed by atoms with E-state index in [1.54, 1.807) is 14.1 Å². The first-order chi connectivity index (χ1) is 8.78. The lowest BCUT2D eigenvalue weighted by Crippen LogP contribution is -2.52. The smallest absolute Gasteiger partial charge is 0.409 e. The molecule has 4 nitrogen and oxygen atoms in total. The summed E-state index contributed by atoms with van der Waals surface area (Å²) >= 11 is 0. The molecule has 2 aliphatic heterocycles. The van der Waals surface area contributed by atoms with Gasteiger partial charge < -0.3 is 9.64 Å². The second kappa shape index (κ2) is 4.97. The summed E-state index contributed by atoms with van der Waals surface area (Å²) in [6, 6.07) is 0.408. The van der Waals surface area contributed by atoms with Crippen LogP contribution in [0.2, 0.25) is 0 Å². The van der Waals surface area contributed by atoms with Gasteiger partial charge in [-0.2, -0.15) is 0 Å². The van der Waals surface area contributed by atoms with Crippen molar-refractivity contribution in [1.29, 1.82) is 0 Å². The maximum atomic E-state index is 11.6. The fourth-order valence-corrected chi connectivity index (χ4v) is 3.91. The number of hydrogen-bond donors (Lipinski definition) is 0. The van der Waals surface area contributed by atoms with Gasteiger partial charge in [-0.15, -0.1) is 0 Å². The van der Waals surface area contributed by atoms with Crippen molar-refractivity contribution in [2.45, 2.75) is 58.0 Å². The molecule has 0 aromatic rings. The Balaban J connectivity index is 2.01. The van der Waals surface area contributed by atoms with E-state index in [0.29, 0.717) is 23.6 Å². The molecule has 19 heavy (non-hydrogen) atoms. The summed E-state index contributed by atoms with van der Waals surface area (Å²) in [7, 11) is 3.46. The summed E-state index contributed by atoms with van der Waals surface area (Å²) in [6.45, 7) is 8.73. The van der Waals surface area contributed by atoms with Gasteiger partial charge in [-0.05, 0) is 37.6 Å². The molecule has 2 saturated heterocycles. The zero-order chi connectivity index (χ0) is 14.3. The quantitative estimate of drug-likeness (QED) is 0.772. The number of carbonyl (C=O) groups is 1. The summed E-state index contributed by atoms with van der Waals surface area (Å²) < 4.78 is 5.40. The molecular weight excluding hydrogens is 240 g/mol. The van der Waals surface area contributed by atoms with Gasteiger partial charge in [0, 0.05) is 25.7 Å². The van der Waals surface area contributed by atoms with Crippen LogP contribution in [0.4, 0.5) is 4.79 Å². The number of amides is 1. The van der Waals surface area contributed by atoms with Crippen LogP contribution in [0.25, 0.3) is 0 Å². The van der Waals surface area contributed by atoms with E-state index in [1.165, 1.54) is 24.2 Å². The van der Waals surface area contributed by atoms with Crippen molar-refractivity contribution in [2.75, 3.05) is 27.2 Å². The summed E-state index contributed by atoms with van der Waals surface area (Å²) in [5.74, 6) is 0. The second-order valence-corrected chi connectivity index (χ2v) is 7.24. The summed E-state index contributed by atoms with van der Waals surface area (Å²) in [5.41, 5.74) is 0.617. The average Bonchev–Trinajstić information content (AvgIpc) is 2.84. The molecule has 4 heteroatoms. The molecule has 0 saturated carbocycles. The molecule has 0 spiro atoms. The predicted molar refractivity (Wildman–Crippen MR) is 76.2 cm³/mol. The minimum Gasteiger partial charge on any atom is -0.448 e. The van der Waals surface area contributed by atoms with Gasteiger partial charge >= 0.3 is 6.09 Å². The molecule has 2 aliphatic rings. The Kier molecular flexibility index (Phi) is 3.83. The Hall–Kier alpha value is -0.770. The Morgan fingerprint density at radius 1 is 1.37 bits per heavy atom. The van der Waals surface area contributed by atoms with Gasteiger partial charge in [0.15, 0.2) is 0 Å². The third kappa shape index (κ3) is 2.47. The molecule has 0 N–H and O–H groups in total. The van der Waals surface area contributed by atoms with Crippen LogP contribution in [0.15, 0.2) is 0 Å². The molecule has 1 unspecified atom stereocenters. The van der Waals surface area contributed by atoms with Gasteiger partial charge in [-0.25, -0.2) is 4.79 Å². The van der Waals surface area contributed by atoms with Crippen LogP contribution in [0, 0.1) is 5.41 Å². The van der Waals surface area contributed by atoms with Gasteiger partial charge in [0.1, 0.15) is 6.61 Å². The van der Waals surface area contributed by atoms with Crippen molar-refractivity contribution < 1.29 is 9.53 Å². The first-order valence-electron chi connectivity index (χ1n) is 7.39.